The fraction of sp³-hybridized carbons (Fsp3) is 0.192. The number of ether oxygens (including phenoxy) is 2. The van der Waals surface area contributed by atoms with E-state index in [1.54, 1.807) is 48.6 Å². The maximum absolute atomic E-state index is 13.7. The van der Waals surface area contributed by atoms with E-state index in [1.807, 2.05) is 0 Å². The van der Waals surface area contributed by atoms with E-state index in [9.17, 15) is 22.0 Å². The predicted octanol–water partition coefficient (Wildman–Crippen LogP) is 6.59. The van der Waals surface area contributed by atoms with E-state index in [4.69, 9.17) is 33.0 Å². The Morgan fingerprint density at radius 3 is 2.50 bits per heavy atom. The molecule has 0 fully saturated rings. The summed E-state index contributed by atoms with van der Waals surface area (Å²) in [4.78, 5) is 10.8. The van der Waals surface area contributed by atoms with Crippen LogP contribution in [0.4, 0.5) is 14.5 Å². The molecule has 12 heteroatoms. The number of aliphatic carboxylic acids is 1. The van der Waals surface area contributed by atoms with Crippen molar-refractivity contribution in [2.45, 2.75) is 30.5 Å². The Bertz CT molecular complexity index is 1460. The smallest absolute Gasteiger partial charge is 0.387 e. The molecule has 0 spiro atoms. The molecule has 0 aliphatic carbocycles. The third-order valence-electron chi connectivity index (χ3n) is 5.66. The Hall–Kier alpha value is -3.34. The van der Waals surface area contributed by atoms with Gasteiger partial charge in [0, 0.05) is 28.1 Å². The van der Waals surface area contributed by atoms with Crippen molar-refractivity contribution in [3.63, 3.8) is 0 Å². The number of anilines is 1. The van der Waals surface area contributed by atoms with Gasteiger partial charge in [-0.05, 0) is 48.4 Å². The number of carboxylic acid groups (broad SMARTS) is 1. The molecule has 1 N–H and O–H groups in total. The number of hydrogen-bond donors (Lipinski definition) is 1. The van der Waals surface area contributed by atoms with Crippen LogP contribution in [0, 0.1) is 0 Å². The normalized spacial score (nSPS) is 15.4. The lowest BCUT2D eigenvalue weighted by atomic mass is 10.1. The molecule has 200 valence electrons. The van der Waals surface area contributed by atoms with Crippen molar-refractivity contribution < 1.29 is 36.6 Å². The molecule has 0 radical (unpaired) electrons. The molecule has 38 heavy (non-hydrogen) atoms. The Morgan fingerprint density at radius 2 is 1.82 bits per heavy atom. The molecule has 0 amide bonds. The van der Waals surface area contributed by atoms with Crippen LogP contribution in [-0.4, -0.2) is 38.8 Å². The summed E-state index contributed by atoms with van der Waals surface area (Å²) in [5.74, 6) is -1.14. The van der Waals surface area contributed by atoms with E-state index >= 15 is 0 Å². The predicted molar refractivity (Wildman–Crippen MR) is 141 cm³/mol. The number of carboxylic acids is 1. The van der Waals surface area contributed by atoms with Gasteiger partial charge in [0.05, 0.1) is 17.1 Å². The monoisotopic (exact) mass is 583 g/mol. The molecule has 0 saturated heterocycles. The summed E-state index contributed by atoms with van der Waals surface area (Å²) in [6.07, 6.45) is 2.46. The lowest BCUT2D eigenvalue weighted by Crippen LogP contribution is -2.43. The average Bonchev–Trinajstić information content (AvgIpc) is 2.86. The maximum atomic E-state index is 13.7. The Kier molecular flexibility index (Phi) is 8.44. The van der Waals surface area contributed by atoms with Crippen molar-refractivity contribution in [3.8, 4) is 11.5 Å². The number of carbonyl (C=O) groups is 1. The number of alkyl halides is 2. The first-order valence-corrected chi connectivity index (χ1v) is 13.5. The second-order valence-electron chi connectivity index (χ2n) is 8.26. The summed E-state index contributed by atoms with van der Waals surface area (Å²) in [5.41, 5.74) is 1.38. The van der Waals surface area contributed by atoms with Crippen molar-refractivity contribution in [2.24, 2.45) is 0 Å². The highest BCUT2D eigenvalue weighted by molar-refractivity contribution is 7.92. The first-order valence-electron chi connectivity index (χ1n) is 11.3. The Morgan fingerprint density at radius 1 is 1.11 bits per heavy atom. The molecule has 7 nitrogen and oxygen atoms in total. The molecule has 3 aromatic rings. The highest BCUT2D eigenvalue weighted by Crippen LogP contribution is 2.39. The maximum Gasteiger partial charge on any atom is 0.387 e. The van der Waals surface area contributed by atoms with Crippen LogP contribution in [-0.2, 0) is 14.8 Å². The average molecular weight is 584 g/mol. The van der Waals surface area contributed by atoms with Gasteiger partial charge in [-0.1, -0.05) is 53.6 Å². The third-order valence-corrected chi connectivity index (χ3v) is 8.09. The summed E-state index contributed by atoms with van der Waals surface area (Å²) in [5, 5.41) is 9.96. The van der Waals surface area contributed by atoms with Gasteiger partial charge in [-0.2, -0.15) is 8.78 Å². The van der Waals surface area contributed by atoms with Crippen LogP contribution < -0.4 is 13.8 Å². The van der Waals surface area contributed by atoms with Gasteiger partial charge in [0.2, 0.25) is 0 Å². The molecular formula is C26H21Cl2F2NO6S. The minimum absolute atomic E-state index is 0.0575. The number of fused-ring (bicyclic) bond motifs is 1. The number of halogens is 4. The standard InChI is InChI=1S/C26H21Cl2F2NO6S/c27-21-5-2-6-22(28)20(21)10-7-16-8-11-24-23(13-16)31(15-18(36-24)9-12-25(32)33)38(34,35)19-4-1-3-17(14-19)37-26(29)30/h1-8,10-11,13-14,18,26H,9,12,15H2,(H,32,33). The van der Waals surface area contributed by atoms with Crippen molar-refractivity contribution in [3.05, 3.63) is 81.8 Å². The molecule has 1 aliphatic rings. The molecule has 1 atom stereocenters. The topological polar surface area (TPSA) is 93.1 Å². The minimum atomic E-state index is -4.29. The van der Waals surface area contributed by atoms with Crippen LogP contribution in [0.2, 0.25) is 10.0 Å². The summed E-state index contributed by atoms with van der Waals surface area (Å²) < 4.78 is 64.2. The van der Waals surface area contributed by atoms with Crippen LogP contribution in [0.1, 0.15) is 24.0 Å². The van der Waals surface area contributed by atoms with Gasteiger partial charge in [-0.25, -0.2) is 8.42 Å². The van der Waals surface area contributed by atoms with E-state index in [-0.39, 0.29) is 41.5 Å². The van der Waals surface area contributed by atoms with Gasteiger partial charge in [0.25, 0.3) is 10.0 Å². The highest BCUT2D eigenvalue weighted by atomic mass is 35.5. The molecule has 1 aliphatic heterocycles. The van der Waals surface area contributed by atoms with Crippen LogP contribution in [0.3, 0.4) is 0 Å². The van der Waals surface area contributed by atoms with Gasteiger partial charge >= 0.3 is 12.6 Å². The Labute approximate surface area is 227 Å². The van der Waals surface area contributed by atoms with Crippen molar-refractivity contribution in [1.82, 2.24) is 0 Å². The zero-order valence-corrected chi connectivity index (χ0v) is 21.9. The molecule has 0 bridgehead atoms. The largest absolute Gasteiger partial charge is 0.486 e. The van der Waals surface area contributed by atoms with E-state index in [1.165, 1.54) is 18.2 Å². The molecule has 1 unspecified atom stereocenters. The number of benzene rings is 3. The van der Waals surface area contributed by atoms with Gasteiger partial charge in [-0.15, -0.1) is 0 Å². The van der Waals surface area contributed by atoms with Gasteiger partial charge in [-0.3, -0.25) is 9.10 Å². The zero-order chi connectivity index (χ0) is 27.4. The van der Waals surface area contributed by atoms with Gasteiger partial charge in [0.15, 0.2) is 0 Å². The van der Waals surface area contributed by atoms with E-state index in [0.717, 1.165) is 10.4 Å². The second kappa shape index (κ2) is 11.6. The summed E-state index contributed by atoms with van der Waals surface area (Å²) in [6.45, 7) is -3.31. The van der Waals surface area contributed by atoms with Crippen LogP contribution in [0.25, 0.3) is 12.2 Å². The number of nitrogens with zero attached hydrogens (tertiary/aromatic N) is 1. The summed E-state index contributed by atoms with van der Waals surface area (Å²) in [6, 6.07) is 14.7. The third kappa shape index (κ3) is 6.38. The minimum Gasteiger partial charge on any atom is -0.486 e. The molecule has 0 saturated carbocycles. The first-order chi connectivity index (χ1) is 18.0. The molecule has 3 aromatic carbocycles. The molecule has 4 rings (SSSR count). The van der Waals surface area contributed by atoms with Crippen molar-refractivity contribution in [2.75, 3.05) is 10.8 Å². The lowest BCUT2D eigenvalue weighted by molar-refractivity contribution is -0.137. The number of rotatable bonds is 9. The quantitative estimate of drug-likeness (QED) is 0.286. The number of hydrogen-bond acceptors (Lipinski definition) is 5. The first kappa shape index (κ1) is 27.7. The van der Waals surface area contributed by atoms with Gasteiger partial charge in [0.1, 0.15) is 17.6 Å². The van der Waals surface area contributed by atoms with Crippen LogP contribution in [0.15, 0.2) is 65.6 Å². The van der Waals surface area contributed by atoms with E-state index in [0.29, 0.717) is 21.2 Å². The molecule has 0 aromatic heterocycles. The summed E-state index contributed by atoms with van der Waals surface area (Å²) in [7, 11) is -4.29. The highest BCUT2D eigenvalue weighted by Gasteiger charge is 2.35. The van der Waals surface area contributed by atoms with Crippen molar-refractivity contribution in [1.29, 1.82) is 0 Å². The fourth-order valence-electron chi connectivity index (χ4n) is 3.88. The fourth-order valence-corrected chi connectivity index (χ4v) is 5.94. The van der Waals surface area contributed by atoms with Gasteiger partial charge < -0.3 is 14.6 Å². The second-order valence-corrected chi connectivity index (χ2v) is 10.9. The SMILES string of the molecule is O=C(O)CCC1CN(S(=O)(=O)c2cccc(OC(F)F)c2)c2cc(C=Cc3c(Cl)cccc3Cl)ccc2O1. The zero-order valence-electron chi connectivity index (χ0n) is 19.6. The number of sulfonamides is 1. The Balaban J connectivity index is 1.74. The molecular weight excluding hydrogens is 563 g/mol. The summed E-state index contributed by atoms with van der Waals surface area (Å²) >= 11 is 12.5. The van der Waals surface area contributed by atoms with Crippen LogP contribution in [0.5, 0.6) is 11.5 Å². The lowest BCUT2D eigenvalue weighted by Gasteiger charge is -2.35. The van der Waals surface area contributed by atoms with E-state index in [2.05, 4.69) is 4.74 Å². The van der Waals surface area contributed by atoms with Crippen molar-refractivity contribution >= 4 is 57.0 Å². The van der Waals surface area contributed by atoms with Crippen LogP contribution >= 0.6 is 23.2 Å². The molecule has 1 heterocycles. The van der Waals surface area contributed by atoms with E-state index < -0.39 is 28.7 Å².